The highest BCUT2D eigenvalue weighted by Gasteiger charge is 2.11. The van der Waals surface area contributed by atoms with Gasteiger partial charge in [0.2, 0.25) is 11.8 Å². The first-order valence-corrected chi connectivity index (χ1v) is 5.82. The number of hydrogen-bond acceptors (Lipinski definition) is 6. The van der Waals surface area contributed by atoms with Gasteiger partial charge < -0.3 is 4.74 Å². The molecule has 1 aromatic carbocycles. The minimum atomic E-state index is -0.331. The van der Waals surface area contributed by atoms with E-state index in [4.69, 9.17) is 10.6 Å². The first kappa shape index (κ1) is 12.3. The third-order valence-corrected chi connectivity index (χ3v) is 2.73. The van der Waals surface area contributed by atoms with Crippen LogP contribution in [0.1, 0.15) is 5.56 Å². The van der Waals surface area contributed by atoms with Gasteiger partial charge in [-0.3, -0.25) is 10.5 Å². The molecule has 4 N–H and O–H groups in total. The van der Waals surface area contributed by atoms with E-state index in [0.29, 0.717) is 16.6 Å². The van der Waals surface area contributed by atoms with Crippen LogP contribution in [-0.4, -0.2) is 20.2 Å². The largest absolute Gasteiger partial charge is 0.472 e. The van der Waals surface area contributed by atoms with Crippen LogP contribution in [0.25, 0.3) is 11.0 Å². The number of hydrogen-bond donors (Lipinski definition) is 3. The Bertz CT molecular complexity index is 744. The Hall–Kier alpha value is -2.74. The summed E-state index contributed by atoms with van der Waals surface area (Å²) in [6, 6.07) is 6.38. The Balaban J connectivity index is 1.90. The fourth-order valence-electron chi connectivity index (χ4n) is 1.74. The molecule has 102 valence electrons. The first-order chi connectivity index (χ1) is 9.78. The Morgan fingerprint density at radius 2 is 2.15 bits per heavy atom. The molecule has 0 aliphatic rings. The number of H-pyrrole nitrogens is 1. The first-order valence-electron chi connectivity index (χ1n) is 5.82. The van der Waals surface area contributed by atoms with Crippen LogP contribution in [0.4, 0.5) is 10.3 Å². The van der Waals surface area contributed by atoms with E-state index in [1.165, 1.54) is 12.3 Å². The van der Waals surface area contributed by atoms with Crippen molar-refractivity contribution >= 4 is 17.0 Å². The maximum atomic E-state index is 13.5. The van der Waals surface area contributed by atoms with Crippen molar-refractivity contribution in [3.63, 3.8) is 0 Å². The molecule has 3 rings (SSSR count). The second-order valence-corrected chi connectivity index (χ2v) is 4.01. The van der Waals surface area contributed by atoms with Crippen molar-refractivity contribution in [2.75, 3.05) is 5.43 Å². The number of fused-ring (bicyclic) bond motifs is 1. The lowest BCUT2D eigenvalue weighted by atomic mass is 10.2. The van der Waals surface area contributed by atoms with Gasteiger partial charge in [0.1, 0.15) is 17.8 Å². The molecule has 0 bridgehead atoms. The highest BCUT2D eigenvalue weighted by atomic mass is 19.1. The van der Waals surface area contributed by atoms with Gasteiger partial charge in [-0.05, 0) is 6.07 Å². The summed E-state index contributed by atoms with van der Waals surface area (Å²) in [6.07, 6.45) is 1.53. The molecule has 3 aromatic rings. The molecule has 0 aliphatic carbocycles. The van der Waals surface area contributed by atoms with Gasteiger partial charge in [0, 0.05) is 5.56 Å². The third kappa shape index (κ3) is 2.24. The zero-order valence-electron chi connectivity index (χ0n) is 10.3. The monoisotopic (exact) mass is 274 g/mol. The number of rotatable bonds is 4. The summed E-state index contributed by atoms with van der Waals surface area (Å²) in [5.41, 5.74) is 3.25. The summed E-state index contributed by atoms with van der Waals surface area (Å²) in [5, 5.41) is 7.15. The quantitative estimate of drug-likeness (QED) is 0.490. The van der Waals surface area contributed by atoms with E-state index in [2.05, 4.69) is 25.6 Å². The van der Waals surface area contributed by atoms with E-state index >= 15 is 0 Å². The standard InChI is InChI=1S/C12H11FN6O/c13-9-4-2-1-3-7(9)6-20-11-8-5-15-19-10(8)16-12(17-11)18-14/h1-5H,6,14H2,(H2,15,16,17,18,19). The highest BCUT2D eigenvalue weighted by molar-refractivity contribution is 5.80. The van der Waals surface area contributed by atoms with Crippen LogP contribution in [0.5, 0.6) is 5.88 Å². The molecule has 8 heteroatoms. The van der Waals surface area contributed by atoms with Gasteiger partial charge >= 0.3 is 0 Å². The van der Waals surface area contributed by atoms with Crippen LogP contribution >= 0.6 is 0 Å². The summed E-state index contributed by atoms with van der Waals surface area (Å²) in [5.74, 6) is 5.42. The average molecular weight is 274 g/mol. The second-order valence-electron chi connectivity index (χ2n) is 4.01. The number of nitrogens with two attached hydrogens (primary N) is 1. The Morgan fingerprint density at radius 1 is 1.30 bits per heavy atom. The molecule has 2 heterocycles. The summed E-state index contributed by atoms with van der Waals surface area (Å²) in [4.78, 5) is 8.15. The van der Waals surface area contributed by atoms with E-state index in [9.17, 15) is 4.39 Å². The molecule has 0 saturated carbocycles. The van der Waals surface area contributed by atoms with Gasteiger partial charge in [-0.15, -0.1) is 0 Å². The smallest absolute Gasteiger partial charge is 0.242 e. The van der Waals surface area contributed by atoms with Crippen LogP contribution in [0.15, 0.2) is 30.5 Å². The van der Waals surface area contributed by atoms with Crippen LogP contribution in [0.2, 0.25) is 0 Å². The predicted octanol–water partition coefficient (Wildman–Crippen LogP) is 1.36. The number of aromatic nitrogens is 4. The summed E-state index contributed by atoms with van der Waals surface area (Å²) in [7, 11) is 0. The maximum absolute atomic E-state index is 13.5. The predicted molar refractivity (Wildman–Crippen MR) is 70.2 cm³/mol. The second kappa shape index (κ2) is 5.10. The number of nitrogens with zero attached hydrogens (tertiary/aromatic N) is 3. The van der Waals surface area contributed by atoms with Gasteiger partial charge in [-0.1, -0.05) is 18.2 Å². The van der Waals surface area contributed by atoms with Crippen molar-refractivity contribution in [1.82, 2.24) is 20.2 Å². The zero-order valence-corrected chi connectivity index (χ0v) is 10.3. The molecule has 20 heavy (non-hydrogen) atoms. The fraction of sp³-hybridized carbons (Fsp3) is 0.0833. The SMILES string of the molecule is NNc1nc(OCc2ccccc2F)c2cn[nH]c2n1. The number of hydrazine groups is 1. The molecule has 0 amide bonds. The molecule has 7 nitrogen and oxygen atoms in total. The van der Waals surface area contributed by atoms with E-state index in [-0.39, 0.29) is 24.3 Å². The lowest BCUT2D eigenvalue weighted by Crippen LogP contribution is -2.11. The van der Waals surface area contributed by atoms with Gasteiger partial charge in [0.25, 0.3) is 0 Å². The number of anilines is 1. The van der Waals surface area contributed by atoms with E-state index < -0.39 is 0 Å². The fourth-order valence-corrected chi connectivity index (χ4v) is 1.74. The van der Waals surface area contributed by atoms with Crippen molar-refractivity contribution < 1.29 is 9.13 Å². The van der Waals surface area contributed by atoms with Crippen molar-refractivity contribution in [1.29, 1.82) is 0 Å². The number of nitrogens with one attached hydrogen (secondary N) is 2. The van der Waals surface area contributed by atoms with Gasteiger partial charge in [-0.25, -0.2) is 10.2 Å². The van der Waals surface area contributed by atoms with Crippen molar-refractivity contribution in [2.45, 2.75) is 6.61 Å². The van der Waals surface area contributed by atoms with Crippen LogP contribution in [0, 0.1) is 5.82 Å². The van der Waals surface area contributed by atoms with Crippen LogP contribution < -0.4 is 16.0 Å². The van der Waals surface area contributed by atoms with Crippen LogP contribution in [0.3, 0.4) is 0 Å². The number of benzene rings is 1. The minimum absolute atomic E-state index is 0.0496. The molecule has 0 spiro atoms. The van der Waals surface area contributed by atoms with Gasteiger partial charge in [0.05, 0.1) is 6.20 Å². The molecule has 0 saturated heterocycles. The summed E-state index contributed by atoms with van der Waals surface area (Å²) in [6.45, 7) is 0.0496. The number of aromatic amines is 1. The van der Waals surface area contributed by atoms with E-state index in [1.807, 2.05) is 0 Å². The molecule has 0 fully saturated rings. The van der Waals surface area contributed by atoms with E-state index in [0.717, 1.165) is 0 Å². The molecular weight excluding hydrogens is 263 g/mol. The van der Waals surface area contributed by atoms with Crippen molar-refractivity contribution in [3.8, 4) is 5.88 Å². The number of nitrogen functional groups attached to an aromatic ring is 1. The molecule has 0 aliphatic heterocycles. The summed E-state index contributed by atoms with van der Waals surface area (Å²) < 4.78 is 19.1. The van der Waals surface area contributed by atoms with Crippen molar-refractivity contribution in [2.24, 2.45) is 5.84 Å². The minimum Gasteiger partial charge on any atom is -0.472 e. The average Bonchev–Trinajstić information content (AvgIpc) is 2.94. The highest BCUT2D eigenvalue weighted by Crippen LogP contribution is 2.23. The zero-order chi connectivity index (χ0) is 13.9. The molecular formula is C12H11FN6O. The molecule has 0 unspecified atom stereocenters. The molecule has 0 atom stereocenters. The Morgan fingerprint density at radius 3 is 2.95 bits per heavy atom. The Kier molecular flexibility index (Phi) is 3.13. The van der Waals surface area contributed by atoms with E-state index in [1.54, 1.807) is 18.2 Å². The third-order valence-electron chi connectivity index (χ3n) is 2.73. The molecule has 0 radical (unpaired) electrons. The van der Waals surface area contributed by atoms with Crippen molar-refractivity contribution in [3.05, 3.63) is 41.8 Å². The molecule has 2 aromatic heterocycles. The lowest BCUT2D eigenvalue weighted by Gasteiger charge is -2.08. The Labute approximate surface area is 113 Å². The normalized spacial score (nSPS) is 10.7. The topological polar surface area (TPSA) is 102 Å². The summed E-state index contributed by atoms with van der Waals surface area (Å²) >= 11 is 0. The maximum Gasteiger partial charge on any atom is 0.242 e. The number of ether oxygens (including phenoxy) is 1. The lowest BCUT2D eigenvalue weighted by molar-refractivity contribution is 0.292. The van der Waals surface area contributed by atoms with Gasteiger partial charge in [-0.2, -0.15) is 15.1 Å². The van der Waals surface area contributed by atoms with Gasteiger partial charge in [0.15, 0.2) is 5.65 Å². The number of halogens is 1. The van der Waals surface area contributed by atoms with Crippen LogP contribution in [-0.2, 0) is 6.61 Å².